The van der Waals surface area contributed by atoms with Gasteiger partial charge in [-0.05, 0) is 24.7 Å². The molecule has 0 saturated heterocycles. The highest BCUT2D eigenvalue weighted by atomic mass is 14.8. The van der Waals surface area contributed by atoms with Crippen molar-refractivity contribution in [1.82, 2.24) is 10.3 Å². The highest BCUT2D eigenvalue weighted by molar-refractivity contribution is 5.31. The van der Waals surface area contributed by atoms with Gasteiger partial charge in [0.25, 0.3) is 0 Å². The minimum atomic E-state index is 0.577. The van der Waals surface area contributed by atoms with E-state index in [4.69, 9.17) is 5.73 Å². The van der Waals surface area contributed by atoms with E-state index in [1.807, 2.05) is 19.2 Å². The molecule has 1 rings (SSSR count). The number of nitrogens with one attached hydrogen (secondary N) is 1. The Bertz CT molecular complexity index is 210. The quantitative estimate of drug-likeness (QED) is 0.619. The van der Waals surface area contributed by atoms with Gasteiger partial charge in [0.2, 0.25) is 0 Å². The van der Waals surface area contributed by atoms with Crippen LogP contribution in [0.5, 0.6) is 0 Å². The maximum Gasteiger partial charge on any atom is 0.123 e. The van der Waals surface area contributed by atoms with E-state index in [0.29, 0.717) is 5.82 Å². The van der Waals surface area contributed by atoms with Crippen LogP contribution in [0.4, 0.5) is 5.82 Å². The van der Waals surface area contributed by atoms with Gasteiger partial charge in [0.1, 0.15) is 5.82 Å². The van der Waals surface area contributed by atoms with Crippen LogP contribution in [0, 0.1) is 0 Å². The lowest BCUT2D eigenvalue weighted by Gasteiger charge is -1.98. The molecule has 10 heavy (non-hydrogen) atoms. The summed E-state index contributed by atoms with van der Waals surface area (Å²) in [5.74, 6) is 0.577. The monoisotopic (exact) mass is 137 g/mol. The number of rotatable bonds is 2. The normalized spacial score (nSPS) is 9.70. The van der Waals surface area contributed by atoms with E-state index in [2.05, 4.69) is 10.3 Å². The summed E-state index contributed by atoms with van der Waals surface area (Å²) in [4.78, 5) is 3.87. The summed E-state index contributed by atoms with van der Waals surface area (Å²) in [5.41, 5.74) is 6.61. The van der Waals surface area contributed by atoms with Crippen molar-refractivity contribution in [2.45, 2.75) is 6.54 Å². The lowest BCUT2D eigenvalue weighted by Crippen LogP contribution is -2.05. The Morgan fingerprint density at radius 3 is 3.10 bits per heavy atom. The Morgan fingerprint density at radius 2 is 2.50 bits per heavy atom. The second-order valence-electron chi connectivity index (χ2n) is 2.12. The Hall–Kier alpha value is -1.09. The minimum absolute atomic E-state index is 0.577. The van der Waals surface area contributed by atoms with Gasteiger partial charge < -0.3 is 11.1 Å². The molecular formula is C7H11N3. The molecule has 0 aliphatic carbocycles. The molecule has 1 aromatic heterocycles. The first-order valence-corrected chi connectivity index (χ1v) is 3.18. The fraction of sp³-hybridized carbons (Fsp3) is 0.286. The van der Waals surface area contributed by atoms with Crippen LogP contribution < -0.4 is 11.1 Å². The third kappa shape index (κ3) is 1.70. The van der Waals surface area contributed by atoms with Crippen LogP contribution in [0.15, 0.2) is 18.3 Å². The number of nitrogens with zero attached hydrogens (tertiary/aromatic N) is 1. The molecule has 1 heterocycles. The van der Waals surface area contributed by atoms with Crippen LogP contribution in [0.3, 0.4) is 0 Å². The lowest BCUT2D eigenvalue weighted by molar-refractivity contribution is 0.816. The topological polar surface area (TPSA) is 50.9 Å². The van der Waals surface area contributed by atoms with Gasteiger partial charge in [-0.15, -0.1) is 0 Å². The molecule has 3 nitrogen and oxygen atoms in total. The maximum atomic E-state index is 5.45. The average molecular weight is 137 g/mol. The summed E-state index contributed by atoms with van der Waals surface area (Å²) >= 11 is 0. The Morgan fingerprint density at radius 1 is 1.70 bits per heavy atom. The maximum absolute atomic E-state index is 5.45. The van der Waals surface area contributed by atoms with Gasteiger partial charge in [0.05, 0.1) is 0 Å². The predicted molar refractivity (Wildman–Crippen MR) is 41.4 cm³/mol. The molecule has 0 fully saturated rings. The second-order valence-corrected chi connectivity index (χ2v) is 2.12. The number of hydrogen-bond donors (Lipinski definition) is 2. The Labute approximate surface area is 60.3 Å². The van der Waals surface area contributed by atoms with Crippen molar-refractivity contribution >= 4 is 5.82 Å². The second kappa shape index (κ2) is 3.17. The van der Waals surface area contributed by atoms with Crippen molar-refractivity contribution in [2.75, 3.05) is 12.8 Å². The van der Waals surface area contributed by atoms with Crippen molar-refractivity contribution in [3.8, 4) is 0 Å². The summed E-state index contributed by atoms with van der Waals surface area (Å²) in [6.45, 7) is 0.840. The summed E-state index contributed by atoms with van der Waals surface area (Å²) in [6, 6.07) is 3.80. The van der Waals surface area contributed by atoms with Crippen LogP contribution in [0.25, 0.3) is 0 Å². The molecule has 3 N–H and O–H groups in total. The third-order valence-corrected chi connectivity index (χ3v) is 1.23. The van der Waals surface area contributed by atoms with Gasteiger partial charge in [-0.25, -0.2) is 4.98 Å². The first kappa shape index (κ1) is 7.02. The van der Waals surface area contributed by atoms with Crippen molar-refractivity contribution in [1.29, 1.82) is 0 Å². The number of aromatic nitrogens is 1. The number of hydrogen-bond acceptors (Lipinski definition) is 3. The zero-order valence-corrected chi connectivity index (χ0v) is 5.96. The molecule has 0 atom stereocenters. The standard InChI is InChI=1S/C7H11N3/c1-9-5-6-2-3-10-7(8)4-6/h2-4,9H,5H2,1H3,(H2,8,10). The zero-order chi connectivity index (χ0) is 7.40. The van der Waals surface area contributed by atoms with E-state index in [9.17, 15) is 0 Å². The predicted octanol–water partition coefficient (Wildman–Crippen LogP) is 0.383. The summed E-state index contributed by atoms with van der Waals surface area (Å²) in [5, 5.41) is 3.03. The molecule has 1 aromatic rings. The van der Waals surface area contributed by atoms with Gasteiger partial charge in [-0.3, -0.25) is 0 Å². The van der Waals surface area contributed by atoms with Crippen LogP contribution in [0.1, 0.15) is 5.56 Å². The van der Waals surface area contributed by atoms with E-state index in [1.54, 1.807) is 6.20 Å². The molecule has 0 unspecified atom stereocenters. The van der Waals surface area contributed by atoms with Crippen molar-refractivity contribution in [3.05, 3.63) is 23.9 Å². The van der Waals surface area contributed by atoms with E-state index in [0.717, 1.165) is 12.1 Å². The van der Waals surface area contributed by atoms with E-state index >= 15 is 0 Å². The molecule has 0 amide bonds. The average Bonchev–Trinajstić information content (AvgIpc) is 1.88. The van der Waals surface area contributed by atoms with E-state index in [1.165, 1.54) is 0 Å². The first-order chi connectivity index (χ1) is 4.83. The van der Waals surface area contributed by atoms with Gasteiger partial charge >= 0.3 is 0 Å². The molecule has 0 aliphatic heterocycles. The summed E-state index contributed by atoms with van der Waals surface area (Å²) in [7, 11) is 1.90. The van der Waals surface area contributed by atoms with Crippen molar-refractivity contribution in [3.63, 3.8) is 0 Å². The molecule has 0 radical (unpaired) electrons. The van der Waals surface area contributed by atoms with Gasteiger partial charge in [0, 0.05) is 12.7 Å². The van der Waals surface area contributed by atoms with Crippen LogP contribution in [-0.4, -0.2) is 12.0 Å². The molecule has 54 valence electrons. The molecule has 0 saturated carbocycles. The van der Waals surface area contributed by atoms with Crippen LogP contribution in [-0.2, 0) is 6.54 Å². The molecule has 0 aromatic carbocycles. The smallest absolute Gasteiger partial charge is 0.123 e. The summed E-state index contributed by atoms with van der Waals surface area (Å²) < 4.78 is 0. The van der Waals surface area contributed by atoms with Crippen LogP contribution >= 0.6 is 0 Å². The zero-order valence-electron chi connectivity index (χ0n) is 5.96. The number of nitrogens with two attached hydrogens (primary N) is 1. The SMILES string of the molecule is CNCc1ccnc(N)c1. The van der Waals surface area contributed by atoms with Crippen molar-refractivity contribution < 1.29 is 0 Å². The molecule has 0 spiro atoms. The highest BCUT2D eigenvalue weighted by Crippen LogP contribution is 2.01. The largest absolute Gasteiger partial charge is 0.384 e. The Kier molecular flexibility index (Phi) is 2.23. The highest BCUT2D eigenvalue weighted by Gasteiger charge is 1.89. The lowest BCUT2D eigenvalue weighted by atomic mass is 10.2. The van der Waals surface area contributed by atoms with E-state index in [-0.39, 0.29) is 0 Å². The number of pyridine rings is 1. The van der Waals surface area contributed by atoms with Crippen LogP contribution in [0.2, 0.25) is 0 Å². The fourth-order valence-electron chi connectivity index (χ4n) is 0.808. The van der Waals surface area contributed by atoms with Gasteiger partial charge in [-0.1, -0.05) is 0 Å². The third-order valence-electron chi connectivity index (χ3n) is 1.23. The van der Waals surface area contributed by atoms with Gasteiger partial charge in [0.15, 0.2) is 0 Å². The van der Waals surface area contributed by atoms with Gasteiger partial charge in [-0.2, -0.15) is 0 Å². The fourth-order valence-corrected chi connectivity index (χ4v) is 0.808. The molecule has 0 aliphatic rings. The minimum Gasteiger partial charge on any atom is -0.384 e. The molecule has 3 heteroatoms. The Balaban J connectivity index is 2.75. The molecular weight excluding hydrogens is 126 g/mol. The van der Waals surface area contributed by atoms with E-state index < -0.39 is 0 Å². The first-order valence-electron chi connectivity index (χ1n) is 3.18. The number of anilines is 1. The summed E-state index contributed by atoms with van der Waals surface area (Å²) in [6.07, 6.45) is 1.71. The number of nitrogen functional groups attached to an aromatic ring is 1. The van der Waals surface area contributed by atoms with Crippen molar-refractivity contribution in [2.24, 2.45) is 0 Å². The molecule has 0 bridgehead atoms.